The molecule has 0 radical (unpaired) electrons. The fraction of sp³-hybridized carbons (Fsp3) is 0.143. The highest BCUT2D eigenvalue weighted by Gasteiger charge is 2.17. The van der Waals surface area contributed by atoms with E-state index < -0.39 is 10.0 Å². The molecule has 1 aliphatic heterocycles. The average Bonchev–Trinajstić information content (AvgIpc) is 2.47. The Labute approximate surface area is 122 Å². The zero-order valence-electron chi connectivity index (χ0n) is 11.1. The molecule has 2 aromatic rings. The van der Waals surface area contributed by atoms with Gasteiger partial charge >= 0.3 is 0 Å². The number of hydrogen-bond donors (Lipinski definition) is 2. The molecule has 0 spiro atoms. The molecule has 0 saturated carbocycles. The van der Waals surface area contributed by atoms with Gasteiger partial charge < -0.3 is 15.2 Å². The van der Waals surface area contributed by atoms with Gasteiger partial charge in [0.1, 0.15) is 13.2 Å². The lowest BCUT2D eigenvalue weighted by Crippen LogP contribution is -2.16. The monoisotopic (exact) mass is 306 g/mol. The first-order valence-electron chi connectivity index (χ1n) is 6.33. The molecule has 0 unspecified atom stereocenters. The van der Waals surface area contributed by atoms with Crippen LogP contribution in [0.15, 0.2) is 47.4 Å². The summed E-state index contributed by atoms with van der Waals surface area (Å²) < 4.78 is 37.8. The van der Waals surface area contributed by atoms with E-state index >= 15 is 0 Å². The van der Waals surface area contributed by atoms with Gasteiger partial charge in [0.15, 0.2) is 11.5 Å². The molecule has 1 heterocycles. The van der Waals surface area contributed by atoms with Crippen molar-refractivity contribution in [3.05, 3.63) is 42.5 Å². The SMILES string of the molecule is Nc1ccc(S(=O)(=O)Nc2ccc3c(c2)OCCO3)cc1. The highest BCUT2D eigenvalue weighted by atomic mass is 32.2. The van der Waals surface area contributed by atoms with Gasteiger partial charge in [-0.25, -0.2) is 8.42 Å². The lowest BCUT2D eigenvalue weighted by molar-refractivity contribution is 0.171. The average molecular weight is 306 g/mol. The maximum Gasteiger partial charge on any atom is 0.261 e. The first-order chi connectivity index (χ1) is 10.0. The lowest BCUT2D eigenvalue weighted by Gasteiger charge is -2.19. The molecule has 0 aromatic heterocycles. The largest absolute Gasteiger partial charge is 0.486 e. The standard InChI is InChI=1S/C14H14N2O4S/c15-10-1-4-12(5-2-10)21(17,18)16-11-3-6-13-14(9-11)20-8-7-19-13/h1-6,9,16H,7-8,15H2. The van der Waals surface area contributed by atoms with Gasteiger partial charge in [0.25, 0.3) is 10.0 Å². The summed E-state index contributed by atoms with van der Waals surface area (Å²) in [6, 6.07) is 10.9. The van der Waals surface area contributed by atoms with Gasteiger partial charge in [-0.15, -0.1) is 0 Å². The minimum atomic E-state index is -3.66. The molecule has 0 amide bonds. The van der Waals surface area contributed by atoms with E-state index in [-0.39, 0.29) is 4.90 Å². The minimum Gasteiger partial charge on any atom is -0.486 e. The van der Waals surface area contributed by atoms with Crippen molar-refractivity contribution in [3.8, 4) is 11.5 Å². The smallest absolute Gasteiger partial charge is 0.261 e. The van der Waals surface area contributed by atoms with Crippen LogP contribution in [0.25, 0.3) is 0 Å². The van der Waals surface area contributed by atoms with E-state index in [1.807, 2.05) is 0 Å². The van der Waals surface area contributed by atoms with Crippen molar-refractivity contribution in [1.29, 1.82) is 0 Å². The molecule has 7 heteroatoms. The van der Waals surface area contributed by atoms with Gasteiger partial charge in [-0.05, 0) is 36.4 Å². The highest BCUT2D eigenvalue weighted by molar-refractivity contribution is 7.92. The predicted molar refractivity (Wildman–Crippen MR) is 79.1 cm³/mol. The topological polar surface area (TPSA) is 90.7 Å². The van der Waals surface area contributed by atoms with Crippen molar-refractivity contribution in [1.82, 2.24) is 0 Å². The molecule has 0 fully saturated rings. The summed E-state index contributed by atoms with van der Waals surface area (Å²) >= 11 is 0. The third kappa shape index (κ3) is 2.87. The van der Waals surface area contributed by atoms with E-state index in [2.05, 4.69) is 4.72 Å². The highest BCUT2D eigenvalue weighted by Crippen LogP contribution is 2.33. The van der Waals surface area contributed by atoms with Crippen molar-refractivity contribution in [3.63, 3.8) is 0 Å². The van der Waals surface area contributed by atoms with Crippen molar-refractivity contribution in [2.24, 2.45) is 0 Å². The number of nitrogens with two attached hydrogens (primary N) is 1. The van der Waals surface area contributed by atoms with Crippen LogP contribution in [0.1, 0.15) is 0 Å². The van der Waals surface area contributed by atoms with Crippen LogP contribution < -0.4 is 19.9 Å². The lowest BCUT2D eigenvalue weighted by atomic mass is 10.3. The van der Waals surface area contributed by atoms with Crippen molar-refractivity contribution in [2.75, 3.05) is 23.7 Å². The fourth-order valence-electron chi connectivity index (χ4n) is 1.97. The molecule has 110 valence electrons. The van der Waals surface area contributed by atoms with Gasteiger partial charge in [-0.3, -0.25) is 4.72 Å². The van der Waals surface area contributed by atoms with E-state index in [0.717, 1.165) is 0 Å². The summed E-state index contributed by atoms with van der Waals surface area (Å²) in [5.74, 6) is 1.13. The van der Waals surface area contributed by atoms with Gasteiger partial charge in [0, 0.05) is 11.8 Å². The first kappa shape index (κ1) is 13.6. The minimum absolute atomic E-state index is 0.145. The Hall–Kier alpha value is -2.41. The van der Waals surface area contributed by atoms with Crippen molar-refractivity contribution >= 4 is 21.4 Å². The van der Waals surface area contributed by atoms with Crippen LogP contribution >= 0.6 is 0 Å². The summed E-state index contributed by atoms with van der Waals surface area (Å²) in [6.45, 7) is 0.935. The van der Waals surface area contributed by atoms with Gasteiger partial charge in [-0.2, -0.15) is 0 Å². The predicted octanol–water partition coefficient (Wildman–Crippen LogP) is 1.84. The van der Waals surface area contributed by atoms with E-state index in [9.17, 15) is 8.42 Å². The molecule has 0 saturated heterocycles. The third-order valence-electron chi connectivity index (χ3n) is 2.98. The number of anilines is 2. The number of sulfonamides is 1. The Morgan fingerprint density at radius 1 is 0.952 bits per heavy atom. The third-order valence-corrected chi connectivity index (χ3v) is 4.38. The second-order valence-electron chi connectivity index (χ2n) is 4.53. The van der Waals surface area contributed by atoms with Crippen LogP contribution in [0.4, 0.5) is 11.4 Å². The van der Waals surface area contributed by atoms with Gasteiger partial charge in [0.05, 0.1) is 10.6 Å². The first-order valence-corrected chi connectivity index (χ1v) is 7.81. The van der Waals surface area contributed by atoms with Crippen LogP contribution in [0.2, 0.25) is 0 Å². The summed E-state index contributed by atoms with van der Waals surface area (Å²) in [7, 11) is -3.66. The fourth-order valence-corrected chi connectivity index (χ4v) is 3.02. The molecule has 0 bridgehead atoms. The van der Waals surface area contributed by atoms with Crippen LogP contribution in [-0.4, -0.2) is 21.6 Å². The maximum absolute atomic E-state index is 12.3. The van der Waals surface area contributed by atoms with E-state index in [1.165, 1.54) is 12.1 Å². The normalized spacial score (nSPS) is 13.7. The zero-order chi connectivity index (χ0) is 14.9. The van der Waals surface area contributed by atoms with E-state index in [1.54, 1.807) is 30.3 Å². The van der Waals surface area contributed by atoms with Crippen LogP contribution in [0, 0.1) is 0 Å². The van der Waals surface area contributed by atoms with Crippen LogP contribution in [-0.2, 0) is 10.0 Å². The second-order valence-corrected chi connectivity index (χ2v) is 6.22. The quantitative estimate of drug-likeness (QED) is 0.844. The number of fused-ring (bicyclic) bond motifs is 1. The Morgan fingerprint density at radius 3 is 2.33 bits per heavy atom. The van der Waals surface area contributed by atoms with E-state index in [4.69, 9.17) is 15.2 Å². The summed E-state index contributed by atoms with van der Waals surface area (Å²) in [5.41, 5.74) is 6.47. The Bertz CT molecular complexity index is 757. The molecular formula is C14H14N2O4S. The number of rotatable bonds is 3. The molecule has 1 aliphatic rings. The summed E-state index contributed by atoms with van der Waals surface area (Å²) in [6.07, 6.45) is 0. The Morgan fingerprint density at radius 2 is 1.62 bits per heavy atom. The second kappa shape index (κ2) is 5.17. The van der Waals surface area contributed by atoms with Crippen LogP contribution in [0.3, 0.4) is 0 Å². The Kier molecular flexibility index (Phi) is 3.34. The van der Waals surface area contributed by atoms with E-state index in [0.29, 0.717) is 36.1 Å². The summed E-state index contributed by atoms with van der Waals surface area (Å²) in [5, 5.41) is 0. The van der Waals surface area contributed by atoms with Crippen molar-refractivity contribution < 1.29 is 17.9 Å². The molecule has 21 heavy (non-hydrogen) atoms. The molecular weight excluding hydrogens is 292 g/mol. The number of hydrogen-bond acceptors (Lipinski definition) is 5. The number of nitrogens with one attached hydrogen (secondary N) is 1. The summed E-state index contributed by atoms with van der Waals surface area (Å²) in [4.78, 5) is 0.145. The van der Waals surface area contributed by atoms with Crippen molar-refractivity contribution in [2.45, 2.75) is 4.90 Å². The number of ether oxygens (including phenoxy) is 2. The zero-order valence-corrected chi connectivity index (χ0v) is 11.9. The number of nitrogen functional groups attached to an aromatic ring is 1. The Balaban J connectivity index is 1.87. The molecule has 0 atom stereocenters. The molecule has 0 aliphatic carbocycles. The molecule has 3 rings (SSSR count). The molecule has 3 N–H and O–H groups in total. The van der Waals surface area contributed by atoms with Gasteiger partial charge in [-0.1, -0.05) is 0 Å². The van der Waals surface area contributed by atoms with Crippen LogP contribution in [0.5, 0.6) is 11.5 Å². The van der Waals surface area contributed by atoms with Gasteiger partial charge in [0.2, 0.25) is 0 Å². The maximum atomic E-state index is 12.3. The number of benzene rings is 2. The molecule has 2 aromatic carbocycles. The molecule has 6 nitrogen and oxygen atoms in total.